The third kappa shape index (κ3) is 2.67. The van der Waals surface area contributed by atoms with Crippen molar-refractivity contribution in [2.45, 2.75) is 4.90 Å². The fraction of sp³-hybridized carbons (Fsp3) is 0. The Morgan fingerprint density at radius 2 is 1.59 bits per heavy atom. The van der Waals surface area contributed by atoms with Crippen LogP contribution < -0.4 is 10.9 Å². The number of nitrogen functional groups attached to an aromatic ring is 1. The number of tetrazole rings is 1. The molecule has 3 aromatic rings. The van der Waals surface area contributed by atoms with Crippen molar-refractivity contribution in [3.05, 3.63) is 48.5 Å². The van der Waals surface area contributed by atoms with Crippen molar-refractivity contribution >= 4 is 15.7 Å². The molecule has 4 N–H and O–H groups in total. The van der Waals surface area contributed by atoms with Gasteiger partial charge in [0.2, 0.25) is 10.0 Å². The second kappa shape index (κ2) is 5.20. The Hall–Kier alpha value is -2.78. The highest BCUT2D eigenvalue weighted by molar-refractivity contribution is 7.89. The molecule has 1 heterocycles. The van der Waals surface area contributed by atoms with E-state index in [-0.39, 0.29) is 4.90 Å². The smallest absolute Gasteiger partial charge is 0.238 e. The van der Waals surface area contributed by atoms with E-state index in [9.17, 15) is 8.42 Å². The van der Waals surface area contributed by atoms with Crippen molar-refractivity contribution in [1.82, 2.24) is 20.2 Å². The van der Waals surface area contributed by atoms with E-state index in [1.54, 1.807) is 36.4 Å². The number of sulfonamides is 1. The van der Waals surface area contributed by atoms with Gasteiger partial charge in [0, 0.05) is 11.3 Å². The van der Waals surface area contributed by atoms with Crippen LogP contribution in [0.4, 0.5) is 5.69 Å². The van der Waals surface area contributed by atoms with Crippen LogP contribution in [-0.4, -0.2) is 28.6 Å². The highest BCUT2D eigenvalue weighted by atomic mass is 32.2. The average molecular weight is 316 g/mol. The molecule has 0 saturated carbocycles. The lowest BCUT2D eigenvalue weighted by molar-refractivity contribution is 0.598. The van der Waals surface area contributed by atoms with Gasteiger partial charge in [0.1, 0.15) is 0 Å². The summed E-state index contributed by atoms with van der Waals surface area (Å²) in [6.07, 6.45) is 0. The van der Waals surface area contributed by atoms with E-state index in [2.05, 4.69) is 15.5 Å². The molecule has 0 spiro atoms. The number of hydrogen-bond acceptors (Lipinski definition) is 6. The third-order valence-corrected chi connectivity index (χ3v) is 3.98. The van der Waals surface area contributed by atoms with E-state index in [0.29, 0.717) is 17.2 Å². The van der Waals surface area contributed by atoms with Crippen LogP contribution in [0.1, 0.15) is 0 Å². The maximum atomic E-state index is 11.3. The van der Waals surface area contributed by atoms with E-state index in [1.165, 1.54) is 16.8 Å². The normalized spacial score (nSPS) is 11.5. The summed E-state index contributed by atoms with van der Waals surface area (Å²) in [7, 11) is -3.73. The monoisotopic (exact) mass is 316 g/mol. The van der Waals surface area contributed by atoms with Crippen LogP contribution in [0.3, 0.4) is 0 Å². The zero-order valence-corrected chi connectivity index (χ0v) is 12.1. The van der Waals surface area contributed by atoms with Crippen LogP contribution in [0.25, 0.3) is 17.1 Å². The predicted molar refractivity (Wildman–Crippen MR) is 80.4 cm³/mol. The summed E-state index contributed by atoms with van der Waals surface area (Å²) in [5.74, 6) is 0.517. The van der Waals surface area contributed by atoms with Gasteiger partial charge in [-0.05, 0) is 59.0 Å². The summed E-state index contributed by atoms with van der Waals surface area (Å²) >= 11 is 0. The quantitative estimate of drug-likeness (QED) is 0.679. The maximum absolute atomic E-state index is 11.3. The Labute approximate surface area is 126 Å². The minimum atomic E-state index is -3.73. The average Bonchev–Trinajstić information content (AvgIpc) is 2.97. The van der Waals surface area contributed by atoms with Crippen molar-refractivity contribution < 1.29 is 8.42 Å². The van der Waals surface area contributed by atoms with Gasteiger partial charge in [0.25, 0.3) is 0 Å². The third-order valence-electron chi connectivity index (χ3n) is 3.05. The molecule has 0 amide bonds. The van der Waals surface area contributed by atoms with Gasteiger partial charge in [-0.3, -0.25) is 0 Å². The summed E-state index contributed by atoms with van der Waals surface area (Å²) in [5.41, 5.74) is 7.70. The highest BCUT2D eigenvalue weighted by Crippen LogP contribution is 2.21. The van der Waals surface area contributed by atoms with Gasteiger partial charge >= 0.3 is 0 Å². The lowest BCUT2D eigenvalue weighted by atomic mass is 10.2. The van der Waals surface area contributed by atoms with Crippen LogP contribution in [0.5, 0.6) is 0 Å². The van der Waals surface area contributed by atoms with Crippen LogP contribution in [0.15, 0.2) is 53.4 Å². The second-order valence-electron chi connectivity index (χ2n) is 4.58. The first-order valence-electron chi connectivity index (χ1n) is 6.23. The SMILES string of the molecule is Nc1ccc(-c2nnnn2-c2ccc(S(N)(=O)=O)cc2)cc1. The molecule has 2 aromatic carbocycles. The second-order valence-corrected chi connectivity index (χ2v) is 6.14. The lowest BCUT2D eigenvalue weighted by Gasteiger charge is -2.06. The molecule has 1 aromatic heterocycles. The molecule has 9 heteroatoms. The standard InChI is InChI=1S/C13H12N6O2S/c14-10-3-1-9(2-4-10)13-16-17-18-19(13)11-5-7-12(8-6-11)22(15,20)21/h1-8H,14H2,(H2,15,20,21). The van der Waals surface area contributed by atoms with Gasteiger partial charge in [-0.25, -0.2) is 13.6 Å². The van der Waals surface area contributed by atoms with Crippen molar-refractivity contribution in [3.63, 3.8) is 0 Å². The number of benzene rings is 2. The topological polar surface area (TPSA) is 130 Å². The number of rotatable bonds is 3. The molecule has 112 valence electrons. The Bertz CT molecular complexity index is 900. The Balaban J connectivity index is 2.03. The van der Waals surface area contributed by atoms with Gasteiger partial charge in [-0.2, -0.15) is 4.68 Å². The van der Waals surface area contributed by atoms with E-state index < -0.39 is 10.0 Å². The first kappa shape index (κ1) is 14.2. The Kier molecular flexibility index (Phi) is 3.35. The van der Waals surface area contributed by atoms with E-state index in [4.69, 9.17) is 10.9 Å². The fourth-order valence-corrected chi connectivity index (χ4v) is 2.47. The number of aromatic nitrogens is 4. The first-order valence-corrected chi connectivity index (χ1v) is 7.77. The molecule has 0 unspecified atom stereocenters. The molecule has 0 aliphatic rings. The molecule has 0 fully saturated rings. The van der Waals surface area contributed by atoms with Crippen LogP contribution in [0.2, 0.25) is 0 Å². The van der Waals surface area contributed by atoms with Crippen molar-refractivity contribution in [1.29, 1.82) is 0 Å². The van der Waals surface area contributed by atoms with Crippen molar-refractivity contribution in [3.8, 4) is 17.1 Å². The summed E-state index contributed by atoms with van der Waals surface area (Å²) in [6.45, 7) is 0. The molecule has 8 nitrogen and oxygen atoms in total. The van der Waals surface area contributed by atoms with Crippen molar-refractivity contribution in [2.24, 2.45) is 5.14 Å². The number of hydrogen-bond donors (Lipinski definition) is 2. The predicted octanol–water partition coefficient (Wildman–Crippen LogP) is 0.559. The van der Waals surface area contributed by atoms with Gasteiger partial charge in [-0.15, -0.1) is 5.10 Å². The number of nitrogens with two attached hydrogens (primary N) is 2. The zero-order chi connectivity index (χ0) is 15.7. The van der Waals surface area contributed by atoms with Gasteiger partial charge in [0.05, 0.1) is 10.6 Å². The zero-order valence-electron chi connectivity index (χ0n) is 11.3. The van der Waals surface area contributed by atoms with Gasteiger partial charge in [0.15, 0.2) is 5.82 Å². The Morgan fingerprint density at radius 3 is 2.18 bits per heavy atom. The lowest BCUT2D eigenvalue weighted by Crippen LogP contribution is -2.12. The molecule has 22 heavy (non-hydrogen) atoms. The molecule has 0 aliphatic carbocycles. The molecule has 0 atom stereocenters. The molecule has 3 rings (SSSR count). The molecular weight excluding hydrogens is 304 g/mol. The first-order chi connectivity index (χ1) is 10.4. The highest BCUT2D eigenvalue weighted by Gasteiger charge is 2.12. The number of primary sulfonamides is 1. The number of nitrogens with zero attached hydrogens (tertiary/aromatic N) is 4. The van der Waals surface area contributed by atoms with E-state index in [1.807, 2.05) is 0 Å². The summed E-state index contributed by atoms with van der Waals surface area (Å²) in [5, 5.41) is 16.6. The summed E-state index contributed by atoms with van der Waals surface area (Å²) < 4.78 is 24.0. The number of anilines is 1. The molecule has 0 bridgehead atoms. The van der Waals surface area contributed by atoms with Crippen LogP contribution >= 0.6 is 0 Å². The maximum Gasteiger partial charge on any atom is 0.238 e. The molecule has 0 saturated heterocycles. The van der Waals surface area contributed by atoms with E-state index in [0.717, 1.165) is 5.56 Å². The minimum Gasteiger partial charge on any atom is -0.399 e. The fourth-order valence-electron chi connectivity index (χ4n) is 1.95. The molecule has 0 aliphatic heterocycles. The largest absolute Gasteiger partial charge is 0.399 e. The van der Waals surface area contributed by atoms with Gasteiger partial charge < -0.3 is 5.73 Å². The van der Waals surface area contributed by atoms with Gasteiger partial charge in [-0.1, -0.05) is 0 Å². The van der Waals surface area contributed by atoms with E-state index >= 15 is 0 Å². The van der Waals surface area contributed by atoms with Crippen molar-refractivity contribution in [2.75, 3.05) is 5.73 Å². The molecular formula is C13H12N6O2S. The minimum absolute atomic E-state index is 0.0263. The summed E-state index contributed by atoms with van der Waals surface area (Å²) in [6, 6.07) is 13.1. The molecule has 0 radical (unpaired) electrons. The summed E-state index contributed by atoms with van der Waals surface area (Å²) in [4.78, 5) is 0.0263. The van der Waals surface area contributed by atoms with Crippen LogP contribution in [-0.2, 0) is 10.0 Å². The van der Waals surface area contributed by atoms with Crippen LogP contribution in [0, 0.1) is 0 Å². The Morgan fingerprint density at radius 1 is 0.955 bits per heavy atom.